The number of ether oxygens (including phenoxy) is 1. The van der Waals surface area contributed by atoms with E-state index < -0.39 is 5.41 Å². The van der Waals surface area contributed by atoms with E-state index in [0.29, 0.717) is 18.3 Å². The van der Waals surface area contributed by atoms with Gasteiger partial charge in [-0.15, -0.1) is 6.58 Å². The molecule has 2 rings (SSSR count). The molecule has 4 unspecified atom stereocenters. The molecule has 0 aromatic rings. The number of Topliss-reactive ketones (excluding diaryl/α,β-unsaturated/α-hetero) is 1. The predicted molar refractivity (Wildman–Crippen MR) is 64.2 cm³/mol. The highest BCUT2D eigenvalue weighted by atomic mass is 16.5. The quantitative estimate of drug-likeness (QED) is 0.428. The summed E-state index contributed by atoms with van der Waals surface area (Å²) in [5, 5.41) is 0. The van der Waals surface area contributed by atoms with Crippen LogP contribution in [0.3, 0.4) is 0 Å². The molecule has 0 heterocycles. The van der Waals surface area contributed by atoms with E-state index in [1.807, 2.05) is 0 Å². The number of ketones is 1. The van der Waals surface area contributed by atoms with Crippen LogP contribution in [0.1, 0.15) is 26.7 Å². The van der Waals surface area contributed by atoms with Crippen LogP contribution in [0.25, 0.3) is 0 Å². The minimum absolute atomic E-state index is 0.0163. The monoisotopic (exact) mass is 236 g/mol. The molecule has 2 saturated carbocycles. The molecule has 4 atom stereocenters. The van der Waals surface area contributed by atoms with Crippen molar-refractivity contribution >= 4 is 11.8 Å². The number of rotatable bonds is 3. The second kappa shape index (κ2) is 3.97. The molecule has 3 nitrogen and oxygen atoms in total. The molecule has 0 saturated heterocycles. The largest absolute Gasteiger partial charge is 0.468 e. The van der Waals surface area contributed by atoms with Crippen LogP contribution >= 0.6 is 0 Å². The molecule has 17 heavy (non-hydrogen) atoms. The lowest BCUT2D eigenvalue weighted by molar-refractivity contribution is -0.154. The zero-order valence-corrected chi connectivity index (χ0v) is 10.7. The Kier molecular flexibility index (Phi) is 2.88. The van der Waals surface area contributed by atoms with Crippen LogP contribution in [0, 0.1) is 29.1 Å². The second-order valence-corrected chi connectivity index (χ2v) is 5.52. The first-order valence-electron chi connectivity index (χ1n) is 6.26. The first-order chi connectivity index (χ1) is 8.01. The molecule has 2 aliphatic carbocycles. The number of allylic oxidation sites excluding steroid dienone is 1. The van der Waals surface area contributed by atoms with Gasteiger partial charge in [0, 0.05) is 12.3 Å². The van der Waals surface area contributed by atoms with Gasteiger partial charge in [0.25, 0.3) is 0 Å². The number of hydrogen-bond donors (Lipinski definition) is 0. The predicted octanol–water partition coefficient (Wildman–Crippen LogP) is 2.21. The summed E-state index contributed by atoms with van der Waals surface area (Å²) in [4.78, 5) is 24.1. The van der Waals surface area contributed by atoms with Gasteiger partial charge in [-0.3, -0.25) is 9.59 Å². The van der Waals surface area contributed by atoms with Gasteiger partial charge in [-0.2, -0.15) is 0 Å². The summed E-state index contributed by atoms with van der Waals surface area (Å²) < 4.78 is 4.86. The third kappa shape index (κ3) is 1.41. The summed E-state index contributed by atoms with van der Waals surface area (Å²) in [5.41, 5.74) is -0.885. The fraction of sp³-hybridized carbons (Fsp3) is 0.714. The minimum atomic E-state index is -0.885. The summed E-state index contributed by atoms with van der Waals surface area (Å²) in [6, 6.07) is 0. The maximum absolute atomic E-state index is 12.1. The van der Waals surface area contributed by atoms with Gasteiger partial charge in [0.2, 0.25) is 0 Å². The van der Waals surface area contributed by atoms with Crippen molar-refractivity contribution in [2.24, 2.45) is 29.1 Å². The van der Waals surface area contributed by atoms with E-state index in [1.165, 1.54) is 7.11 Å². The van der Waals surface area contributed by atoms with Crippen molar-refractivity contribution in [2.45, 2.75) is 26.7 Å². The van der Waals surface area contributed by atoms with Crippen LogP contribution in [0.15, 0.2) is 12.7 Å². The molecule has 2 aliphatic rings. The summed E-state index contributed by atoms with van der Waals surface area (Å²) in [6.07, 6.45) is 3.16. The average molecular weight is 236 g/mol. The Balaban J connectivity index is 2.38. The van der Waals surface area contributed by atoms with Crippen molar-refractivity contribution in [2.75, 3.05) is 7.11 Å². The van der Waals surface area contributed by atoms with Crippen molar-refractivity contribution in [3.63, 3.8) is 0 Å². The number of carbonyl (C=O) groups is 2. The first-order valence-corrected chi connectivity index (χ1v) is 6.26. The van der Waals surface area contributed by atoms with Crippen molar-refractivity contribution in [1.82, 2.24) is 0 Å². The molecule has 0 aromatic heterocycles. The second-order valence-electron chi connectivity index (χ2n) is 5.52. The number of esters is 1. The molecule has 2 fully saturated rings. The van der Waals surface area contributed by atoms with E-state index in [9.17, 15) is 9.59 Å². The van der Waals surface area contributed by atoms with Gasteiger partial charge in [0.15, 0.2) is 5.78 Å². The van der Waals surface area contributed by atoms with E-state index in [1.54, 1.807) is 6.08 Å². The summed E-state index contributed by atoms with van der Waals surface area (Å²) in [7, 11) is 1.36. The molecule has 3 heteroatoms. The molecule has 0 aromatic carbocycles. The Labute approximate surface area is 102 Å². The molecular formula is C14H20O3. The fourth-order valence-corrected chi connectivity index (χ4v) is 3.74. The van der Waals surface area contributed by atoms with Crippen molar-refractivity contribution < 1.29 is 14.3 Å². The van der Waals surface area contributed by atoms with Crippen LogP contribution in [-0.4, -0.2) is 18.9 Å². The van der Waals surface area contributed by atoms with Crippen molar-refractivity contribution in [3.05, 3.63) is 12.7 Å². The molecule has 94 valence electrons. The highest BCUT2D eigenvalue weighted by Crippen LogP contribution is 2.68. The summed E-state index contributed by atoms with van der Waals surface area (Å²) in [6.45, 7) is 8.08. The number of carbonyl (C=O) groups excluding carboxylic acids is 2. The van der Waals surface area contributed by atoms with Gasteiger partial charge in [-0.05, 0) is 24.2 Å². The number of hydrogen-bond acceptors (Lipinski definition) is 3. The lowest BCUT2D eigenvalue weighted by Crippen LogP contribution is -2.36. The Hall–Kier alpha value is -1.12. The van der Waals surface area contributed by atoms with Crippen molar-refractivity contribution in [3.8, 4) is 0 Å². The Morgan fingerprint density at radius 3 is 2.71 bits per heavy atom. The van der Waals surface area contributed by atoms with E-state index in [4.69, 9.17) is 4.74 Å². The maximum atomic E-state index is 12.1. The third-order valence-electron chi connectivity index (χ3n) is 4.59. The highest BCUT2D eigenvalue weighted by molar-refractivity contribution is 6.09. The van der Waals surface area contributed by atoms with Gasteiger partial charge in [0.1, 0.15) is 5.41 Å². The third-order valence-corrected chi connectivity index (χ3v) is 4.59. The van der Waals surface area contributed by atoms with Crippen LogP contribution < -0.4 is 0 Å². The van der Waals surface area contributed by atoms with Crippen LogP contribution in [0.2, 0.25) is 0 Å². The van der Waals surface area contributed by atoms with E-state index >= 15 is 0 Å². The highest BCUT2D eigenvalue weighted by Gasteiger charge is 2.76. The molecule has 0 spiro atoms. The lowest BCUT2D eigenvalue weighted by Gasteiger charge is -2.28. The molecule has 0 amide bonds. The van der Waals surface area contributed by atoms with Gasteiger partial charge >= 0.3 is 5.97 Å². The van der Waals surface area contributed by atoms with Gasteiger partial charge in [0.05, 0.1) is 7.11 Å². The molecule has 0 N–H and O–H groups in total. The smallest absolute Gasteiger partial charge is 0.320 e. The first kappa shape index (κ1) is 12.3. The van der Waals surface area contributed by atoms with E-state index in [0.717, 1.165) is 6.42 Å². The van der Waals surface area contributed by atoms with Gasteiger partial charge in [-0.25, -0.2) is 0 Å². The van der Waals surface area contributed by atoms with Crippen LogP contribution in [0.4, 0.5) is 0 Å². The van der Waals surface area contributed by atoms with Gasteiger partial charge in [-0.1, -0.05) is 19.9 Å². The molecule has 0 radical (unpaired) electrons. The summed E-state index contributed by atoms with van der Waals surface area (Å²) in [5.74, 6) is 0.710. The Morgan fingerprint density at radius 2 is 2.24 bits per heavy atom. The van der Waals surface area contributed by atoms with Crippen LogP contribution in [0.5, 0.6) is 0 Å². The van der Waals surface area contributed by atoms with Crippen LogP contribution in [-0.2, 0) is 14.3 Å². The Bertz CT molecular complexity index is 362. The topological polar surface area (TPSA) is 43.4 Å². The molecule has 0 bridgehead atoms. The molecular weight excluding hydrogens is 216 g/mol. The van der Waals surface area contributed by atoms with E-state index in [-0.39, 0.29) is 23.6 Å². The maximum Gasteiger partial charge on any atom is 0.320 e. The zero-order valence-electron chi connectivity index (χ0n) is 10.7. The minimum Gasteiger partial charge on any atom is -0.468 e. The normalized spacial score (nSPS) is 39.8. The zero-order chi connectivity index (χ0) is 12.8. The molecule has 0 aliphatic heterocycles. The van der Waals surface area contributed by atoms with E-state index in [2.05, 4.69) is 20.4 Å². The standard InChI is InChI=1S/C14H20O3/c1-5-10-12-9(8(2)3)6-7-11(15)14(10,12)13(16)17-4/h5,8-10,12H,1,6-7H2,2-4H3. The fourth-order valence-electron chi connectivity index (χ4n) is 3.74. The Morgan fingerprint density at radius 1 is 1.59 bits per heavy atom. The number of fused-ring (bicyclic) bond motifs is 1. The number of methoxy groups -OCH3 is 1. The summed E-state index contributed by atoms with van der Waals surface area (Å²) >= 11 is 0. The average Bonchev–Trinajstić information content (AvgIpc) is 2.99. The SMILES string of the molecule is C=CC1C2C(C(C)C)CCC(=O)C12C(=O)OC. The van der Waals surface area contributed by atoms with Gasteiger partial charge < -0.3 is 4.74 Å². The van der Waals surface area contributed by atoms with Crippen molar-refractivity contribution in [1.29, 1.82) is 0 Å². The lowest BCUT2D eigenvalue weighted by atomic mass is 9.75.